The van der Waals surface area contributed by atoms with Gasteiger partial charge < -0.3 is 9.64 Å². The second-order valence-corrected chi connectivity index (χ2v) is 7.64. The topological polar surface area (TPSA) is 49.9 Å². The maximum absolute atomic E-state index is 13.9. The first-order valence-electron chi connectivity index (χ1n) is 7.88. The molecule has 0 unspecified atom stereocenters. The predicted molar refractivity (Wildman–Crippen MR) is 90.3 cm³/mol. The SMILES string of the molecule is COc1ccccc1N1CCN(S(=O)(=O)c2ccc(F)c(F)c2F)CC1. The Labute approximate surface area is 149 Å². The highest BCUT2D eigenvalue weighted by Gasteiger charge is 2.33. The molecule has 1 heterocycles. The summed E-state index contributed by atoms with van der Waals surface area (Å²) in [5.41, 5.74) is 0.825. The number of anilines is 1. The van der Waals surface area contributed by atoms with Gasteiger partial charge in [0.25, 0.3) is 0 Å². The van der Waals surface area contributed by atoms with E-state index in [2.05, 4.69) is 0 Å². The molecule has 1 fully saturated rings. The lowest BCUT2D eigenvalue weighted by Gasteiger charge is -2.35. The molecule has 2 aromatic carbocycles. The Morgan fingerprint density at radius 1 is 0.923 bits per heavy atom. The van der Waals surface area contributed by atoms with Crippen molar-refractivity contribution in [1.29, 1.82) is 0 Å². The molecule has 0 spiro atoms. The van der Waals surface area contributed by atoms with Crippen molar-refractivity contribution in [3.8, 4) is 5.75 Å². The molecule has 0 amide bonds. The summed E-state index contributed by atoms with van der Waals surface area (Å²) in [6.07, 6.45) is 0. The van der Waals surface area contributed by atoms with Crippen molar-refractivity contribution in [3.63, 3.8) is 0 Å². The number of benzene rings is 2. The smallest absolute Gasteiger partial charge is 0.246 e. The predicted octanol–water partition coefficient (Wildman–Crippen LogP) is 2.62. The number of halogens is 3. The summed E-state index contributed by atoms with van der Waals surface area (Å²) in [5, 5.41) is 0. The summed E-state index contributed by atoms with van der Waals surface area (Å²) in [7, 11) is -2.71. The van der Waals surface area contributed by atoms with Gasteiger partial charge in [-0.3, -0.25) is 0 Å². The fourth-order valence-electron chi connectivity index (χ4n) is 2.91. The lowest BCUT2D eigenvalue weighted by molar-refractivity contribution is 0.373. The van der Waals surface area contributed by atoms with Gasteiger partial charge in [-0.15, -0.1) is 0 Å². The highest BCUT2D eigenvalue weighted by Crippen LogP contribution is 2.30. The minimum atomic E-state index is -4.26. The lowest BCUT2D eigenvalue weighted by atomic mass is 10.2. The van der Waals surface area contributed by atoms with Crippen LogP contribution in [-0.2, 0) is 10.0 Å². The van der Waals surface area contributed by atoms with Crippen LogP contribution in [0.1, 0.15) is 0 Å². The summed E-state index contributed by atoms with van der Waals surface area (Å²) in [5.74, 6) is -4.26. The monoisotopic (exact) mass is 386 g/mol. The third-order valence-electron chi connectivity index (χ3n) is 4.28. The molecule has 1 saturated heterocycles. The highest BCUT2D eigenvalue weighted by atomic mass is 32.2. The Bertz CT molecular complexity index is 913. The van der Waals surface area contributed by atoms with Crippen molar-refractivity contribution < 1.29 is 26.3 Å². The molecule has 2 aromatic rings. The van der Waals surface area contributed by atoms with Crippen molar-refractivity contribution in [2.24, 2.45) is 0 Å². The summed E-state index contributed by atoms with van der Waals surface area (Å²) in [4.78, 5) is 1.09. The van der Waals surface area contributed by atoms with E-state index >= 15 is 0 Å². The van der Waals surface area contributed by atoms with Gasteiger partial charge >= 0.3 is 0 Å². The number of rotatable bonds is 4. The minimum absolute atomic E-state index is 0.0822. The van der Waals surface area contributed by atoms with E-state index in [1.165, 1.54) is 0 Å². The molecule has 0 aliphatic carbocycles. The lowest BCUT2D eigenvalue weighted by Crippen LogP contribution is -2.49. The summed E-state index contributed by atoms with van der Waals surface area (Å²) >= 11 is 0. The Balaban J connectivity index is 1.80. The van der Waals surface area contributed by atoms with Gasteiger partial charge in [0.05, 0.1) is 12.8 Å². The quantitative estimate of drug-likeness (QED) is 0.758. The first-order valence-corrected chi connectivity index (χ1v) is 9.32. The molecule has 0 atom stereocenters. The van der Waals surface area contributed by atoms with Crippen molar-refractivity contribution in [2.45, 2.75) is 4.90 Å². The maximum atomic E-state index is 13.9. The maximum Gasteiger partial charge on any atom is 0.246 e. The third-order valence-corrected chi connectivity index (χ3v) is 6.20. The van der Waals surface area contributed by atoms with Crippen LogP contribution in [-0.4, -0.2) is 46.0 Å². The molecule has 0 bridgehead atoms. The van der Waals surface area contributed by atoms with E-state index in [1.807, 2.05) is 23.1 Å². The molecule has 3 rings (SSSR count). The van der Waals surface area contributed by atoms with Gasteiger partial charge in [0.1, 0.15) is 10.6 Å². The molecule has 1 aliphatic heterocycles. The fourth-order valence-corrected chi connectivity index (χ4v) is 4.39. The molecule has 0 N–H and O–H groups in total. The number of ether oxygens (including phenoxy) is 1. The van der Waals surface area contributed by atoms with Crippen LogP contribution in [0.4, 0.5) is 18.9 Å². The summed E-state index contributed by atoms with van der Waals surface area (Å²) in [6, 6.07) is 8.69. The second-order valence-electron chi connectivity index (χ2n) is 5.74. The Kier molecular flexibility index (Phi) is 5.10. The van der Waals surface area contributed by atoms with Crippen LogP contribution >= 0.6 is 0 Å². The van der Waals surface area contributed by atoms with Crippen molar-refractivity contribution >= 4 is 15.7 Å². The third kappa shape index (κ3) is 3.24. The van der Waals surface area contributed by atoms with Crippen LogP contribution in [0, 0.1) is 17.5 Å². The van der Waals surface area contributed by atoms with E-state index in [0.717, 1.165) is 16.1 Å². The summed E-state index contributed by atoms with van der Waals surface area (Å²) < 4.78 is 71.9. The Morgan fingerprint density at radius 3 is 2.23 bits per heavy atom. The highest BCUT2D eigenvalue weighted by molar-refractivity contribution is 7.89. The number of piperazine rings is 1. The van der Waals surface area contributed by atoms with E-state index in [9.17, 15) is 21.6 Å². The molecular formula is C17H17F3N2O3S. The zero-order valence-corrected chi connectivity index (χ0v) is 14.8. The van der Waals surface area contributed by atoms with Crippen LogP contribution in [0.15, 0.2) is 41.3 Å². The van der Waals surface area contributed by atoms with E-state index in [1.54, 1.807) is 13.2 Å². The first kappa shape index (κ1) is 18.5. The van der Waals surface area contributed by atoms with Crippen molar-refractivity contribution in [1.82, 2.24) is 4.31 Å². The molecule has 26 heavy (non-hydrogen) atoms. The number of nitrogens with zero attached hydrogens (tertiary/aromatic N) is 2. The fraction of sp³-hybridized carbons (Fsp3) is 0.294. The van der Waals surface area contributed by atoms with Gasteiger partial charge in [-0.2, -0.15) is 4.31 Å². The van der Waals surface area contributed by atoms with Crippen molar-refractivity contribution in [2.75, 3.05) is 38.2 Å². The van der Waals surface area contributed by atoms with E-state index in [0.29, 0.717) is 24.9 Å². The van der Waals surface area contributed by atoms with E-state index < -0.39 is 32.4 Å². The number of hydrogen-bond donors (Lipinski definition) is 0. The van der Waals surface area contributed by atoms with Gasteiger partial charge in [0.2, 0.25) is 10.0 Å². The van der Waals surface area contributed by atoms with Gasteiger partial charge in [0, 0.05) is 26.2 Å². The second kappa shape index (κ2) is 7.16. The minimum Gasteiger partial charge on any atom is -0.495 e. The number of methoxy groups -OCH3 is 1. The zero-order valence-electron chi connectivity index (χ0n) is 14.0. The number of para-hydroxylation sites is 2. The molecule has 0 radical (unpaired) electrons. The number of hydrogen-bond acceptors (Lipinski definition) is 4. The first-order chi connectivity index (χ1) is 12.4. The van der Waals surface area contributed by atoms with Gasteiger partial charge in [0.15, 0.2) is 17.5 Å². The summed E-state index contributed by atoms with van der Waals surface area (Å²) in [6.45, 7) is 0.868. The average molecular weight is 386 g/mol. The van der Waals surface area contributed by atoms with Crippen LogP contribution in [0.5, 0.6) is 5.75 Å². The van der Waals surface area contributed by atoms with Gasteiger partial charge in [-0.1, -0.05) is 12.1 Å². The number of sulfonamides is 1. The van der Waals surface area contributed by atoms with Crippen molar-refractivity contribution in [3.05, 3.63) is 53.8 Å². The molecular weight excluding hydrogens is 369 g/mol. The molecule has 5 nitrogen and oxygen atoms in total. The van der Waals surface area contributed by atoms with E-state index in [4.69, 9.17) is 4.74 Å². The molecule has 9 heteroatoms. The molecule has 1 aliphatic rings. The Hall–Kier alpha value is -2.26. The van der Waals surface area contributed by atoms with Crippen LogP contribution in [0.2, 0.25) is 0 Å². The largest absolute Gasteiger partial charge is 0.495 e. The van der Waals surface area contributed by atoms with E-state index in [-0.39, 0.29) is 13.1 Å². The standard InChI is InChI=1S/C17H17F3N2O3S/c1-25-14-5-3-2-4-13(14)21-8-10-22(11-9-21)26(23,24)15-7-6-12(18)16(19)17(15)20/h2-7H,8-11H2,1H3. The van der Waals surface area contributed by atoms with Gasteiger partial charge in [-0.25, -0.2) is 21.6 Å². The van der Waals surface area contributed by atoms with Gasteiger partial charge in [-0.05, 0) is 24.3 Å². The van der Waals surface area contributed by atoms with Crippen LogP contribution < -0.4 is 9.64 Å². The zero-order chi connectivity index (χ0) is 18.9. The van der Waals surface area contributed by atoms with Crippen LogP contribution in [0.25, 0.3) is 0 Å². The molecule has 140 valence electrons. The Morgan fingerprint density at radius 2 is 1.58 bits per heavy atom. The van der Waals surface area contributed by atoms with Crippen LogP contribution in [0.3, 0.4) is 0 Å². The normalized spacial score (nSPS) is 15.9. The average Bonchev–Trinajstić information content (AvgIpc) is 2.66. The molecule has 0 aromatic heterocycles. The molecule has 0 saturated carbocycles.